The summed E-state index contributed by atoms with van der Waals surface area (Å²) in [4.78, 5) is 4.34. The van der Waals surface area contributed by atoms with Gasteiger partial charge in [0.1, 0.15) is 5.82 Å². The minimum atomic E-state index is -0.356. The van der Waals surface area contributed by atoms with Gasteiger partial charge in [-0.1, -0.05) is 28.0 Å². The van der Waals surface area contributed by atoms with Crippen LogP contribution in [-0.2, 0) is 5.41 Å². The molecule has 19 heavy (non-hydrogen) atoms. The molecule has 0 radical (unpaired) electrons. The van der Waals surface area contributed by atoms with E-state index in [-0.39, 0.29) is 11.2 Å². The van der Waals surface area contributed by atoms with Gasteiger partial charge in [-0.3, -0.25) is 0 Å². The van der Waals surface area contributed by atoms with Gasteiger partial charge in [-0.05, 0) is 31.5 Å². The van der Waals surface area contributed by atoms with Crippen LogP contribution in [0.15, 0.2) is 27.2 Å². The third-order valence-electron chi connectivity index (χ3n) is 3.34. The van der Waals surface area contributed by atoms with Gasteiger partial charge in [-0.25, -0.2) is 4.39 Å². The molecule has 0 spiro atoms. The second kappa shape index (κ2) is 5.38. The first-order valence-electron chi connectivity index (χ1n) is 6.00. The Morgan fingerprint density at radius 2 is 2.21 bits per heavy atom. The molecule has 6 heteroatoms. The maximum atomic E-state index is 13.3. The quantitative estimate of drug-likeness (QED) is 0.935. The molecule has 2 aromatic rings. The van der Waals surface area contributed by atoms with Crippen LogP contribution >= 0.6 is 15.9 Å². The van der Waals surface area contributed by atoms with E-state index in [4.69, 9.17) is 10.3 Å². The Morgan fingerprint density at radius 3 is 2.84 bits per heavy atom. The number of aromatic nitrogens is 2. The molecule has 0 saturated heterocycles. The van der Waals surface area contributed by atoms with Crippen LogP contribution < -0.4 is 5.73 Å². The van der Waals surface area contributed by atoms with Crippen LogP contribution in [0.5, 0.6) is 0 Å². The minimum absolute atomic E-state index is 0.346. The van der Waals surface area contributed by atoms with Gasteiger partial charge in [-0.15, -0.1) is 0 Å². The Balaban J connectivity index is 2.44. The predicted molar refractivity (Wildman–Crippen MR) is 74.1 cm³/mol. The number of rotatable bonds is 4. The zero-order chi connectivity index (χ0) is 14.0. The van der Waals surface area contributed by atoms with Gasteiger partial charge in [-0.2, -0.15) is 4.98 Å². The molecular weight excluding hydrogens is 313 g/mol. The van der Waals surface area contributed by atoms with Crippen LogP contribution in [0.1, 0.15) is 26.2 Å². The molecule has 0 aliphatic heterocycles. The Hall–Kier alpha value is -1.27. The van der Waals surface area contributed by atoms with Gasteiger partial charge >= 0.3 is 0 Å². The molecule has 0 fully saturated rings. The molecule has 2 rings (SSSR count). The summed E-state index contributed by atoms with van der Waals surface area (Å²) in [5, 5.41) is 3.91. The van der Waals surface area contributed by atoms with E-state index in [0.717, 1.165) is 6.42 Å². The Morgan fingerprint density at radius 1 is 1.47 bits per heavy atom. The highest BCUT2D eigenvalue weighted by atomic mass is 79.9. The lowest BCUT2D eigenvalue weighted by molar-refractivity contribution is 0.291. The van der Waals surface area contributed by atoms with Crippen molar-refractivity contribution in [1.29, 1.82) is 0 Å². The summed E-state index contributed by atoms with van der Waals surface area (Å²) in [6, 6.07) is 4.34. The van der Waals surface area contributed by atoms with Crippen molar-refractivity contribution in [1.82, 2.24) is 10.1 Å². The first kappa shape index (κ1) is 14.1. The Labute approximate surface area is 119 Å². The molecule has 4 nitrogen and oxygen atoms in total. The molecule has 0 aliphatic carbocycles. The number of hydrogen-bond acceptors (Lipinski definition) is 4. The number of halogens is 2. The van der Waals surface area contributed by atoms with Crippen molar-refractivity contribution < 1.29 is 8.91 Å². The number of nitrogens with zero attached hydrogens (tertiary/aromatic N) is 2. The molecule has 0 bridgehead atoms. The summed E-state index contributed by atoms with van der Waals surface area (Å²) in [7, 11) is 0. The van der Waals surface area contributed by atoms with Crippen molar-refractivity contribution >= 4 is 15.9 Å². The molecule has 0 amide bonds. The normalized spacial score (nSPS) is 14.4. The highest BCUT2D eigenvalue weighted by Crippen LogP contribution is 2.30. The summed E-state index contributed by atoms with van der Waals surface area (Å²) in [6.07, 6.45) is 0.787. The second-order valence-electron chi connectivity index (χ2n) is 4.67. The highest BCUT2D eigenvalue weighted by molar-refractivity contribution is 9.10. The van der Waals surface area contributed by atoms with E-state index < -0.39 is 0 Å². The van der Waals surface area contributed by atoms with E-state index in [1.54, 1.807) is 6.07 Å². The smallest absolute Gasteiger partial charge is 0.234 e. The average molecular weight is 328 g/mol. The minimum Gasteiger partial charge on any atom is -0.338 e. The van der Waals surface area contributed by atoms with Crippen molar-refractivity contribution in [3.05, 3.63) is 34.4 Å². The van der Waals surface area contributed by atoms with Crippen molar-refractivity contribution in [2.24, 2.45) is 5.73 Å². The summed E-state index contributed by atoms with van der Waals surface area (Å²) in [6.45, 7) is 4.38. The molecule has 2 N–H and O–H groups in total. The lowest BCUT2D eigenvalue weighted by Crippen LogP contribution is -2.31. The third kappa shape index (κ3) is 2.69. The van der Waals surface area contributed by atoms with Crippen LogP contribution in [0.4, 0.5) is 4.39 Å². The lowest BCUT2D eigenvalue weighted by Gasteiger charge is -2.20. The summed E-state index contributed by atoms with van der Waals surface area (Å²) in [5.41, 5.74) is 5.96. The zero-order valence-electron chi connectivity index (χ0n) is 10.8. The topological polar surface area (TPSA) is 64.9 Å². The Kier molecular flexibility index (Phi) is 4.01. The summed E-state index contributed by atoms with van der Waals surface area (Å²) < 4.78 is 19.3. The maximum Gasteiger partial charge on any atom is 0.234 e. The van der Waals surface area contributed by atoms with Crippen molar-refractivity contribution in [3.8, 4) is 11.4 Å². The molecule has 1 aromatic carbocycles. The maximum absolute atomic E-state index is 13.3. The summed E-state index contributed by atoms with van der Waals surface area (Å²) in [5.74, 6) is 0.486. The molecule has 1 heterocycles. The van der Waals surface area contributed by atoms with Gasteiger partial charge in [0.15, 0.2) is 0 Å². The van der Waals surface area contributed by atoms with Crippen LogP contribution in [-0.4, -0.2) is 16.7 Å². The van der Waals surface area contributed by atoms with Gasteiger partial charge in [0.25, 0.3) is 0 Å². The Bertz CT molecular complexity index is 581. The number of benzene rings is 1. The molecule has 1 atom stereocenters. The lowest BCUT2D eigenvalue weighted by atomic mass is 9.88. The fourth-order valence-electron chi connectivity index (χ4n) is 1.63. The van der Waals surface area contributed by atoms with Gasteiger partial charge in [0, 0.05) is 16.6 Å². The van der Waals surface area contributed by atoms with E-state index in [0.29, 0.717) is 28.3 Å². The van der Waals surface area contributed by atoms with Crippen molar-refractivity contribution in [2.45, 2.75) is 25.7 Å². The van der Waals surface area contributed by atoms with E-state index >= 15 is 0 Å². The highest BCUT2D eigenvalue weighted by Gasteiger charge is 2.30. The van der Waals surface area contributed by atoms with Gasteiger partial charge < -0.3 is 10.3 Å². The molecule has 102 valence electrons. The van der Waals surface area contributed by atoms with Crippen molar-refractivity contribution in [2.75, 3.05) is 6.54 Å². The van der Waals surface area contributed by atoms with E-state index in [1.807, 2.05) is 13.8 Å². The first-order chi connectivity index (χ1) is 9.00. The summed E-state index contributed by atoms with van der Waals surface area (Å²) >= 11 is 3.35. The van der Waals surface area contributed by atoms with Gasteiger partial charge in [0.05, 0.1) is 5.41 Å². The van der Waals surface area contributed by atoms with Crippen LogP contribution in [0.2, 0.25) is 0 Å². The molecular formula is C13H15BrFN3O. The second-order valence-corrected chi connectivity index (χ2v) is 5.52. The number of hydrogen-bond donors (Lipinski definition) is 1. The van der Waals surface area contributed by atoms with E-state index in [1.165, 1.54) is 12.1 Å². The van der Waals surface area contributed by atoms with Crippen LogP contribution in [0.25, 0.3) is 11.4 Å². The van der Waals surface area contributed by atoms with Gasteiger partial charge in [0.2, 0.25) is 11.7 Å². The first-order valence-corrected chi connectivity index (χ1v) is 6.79. The van der Waals surface area contributed by atoms with Crippen LogP contribution in [0, 0.1) is 5.82 Å². The average Bonchev–Trinajstić information content (AvgIpc) is 2.90. The standard InChI is InChI=1S/C13H15BrFN3O/c1-3-13(2,7-16)12-17-11(18-19-12)9-6-8(15)4-5-10(9)14/h4-6H,3,7,16H2,1-2H3. The van der Waals surface area contributed by atoms with E-state index in [2.05, 4.69) is 26.1 Å². The molecule has 1 aromatic heterocycles. The molecule has 1 unspecified atom stereocenters. The monoisotopic (exact) mass is 327 g/mol. The third-order valence-corrected chi connectivity index (χ3v) is 4.03. The predicted octanol–water partition coefficient (Wildman–Crippen LogP) is 3.26. The van der Waals surface area contributed by atoms with Crippen molar-refractivity contribution in [3.63, 3.8) is 0 Å². The van der Waals surface area contributed by atoms with Crippen LogP contribution in [0.3, 0.4) is 0 Å². The largest absolute Gasteiger partial charge is 0.338 e. The SMILES string of the molecule is CCC(C)(CN)c1nc(-c2cc(F)ccc2Br)no1. The van der Waals surface area contributed by atoms with E-state index in [9.17, 15) is 4.39 Å². The fraction of sp³-hybridized carbons (Fsp3) is 0.385. The fourth-order valence-corrected chi connectivity index (χ4v) is 2.05. The zero-order valence-corrected chi connectivity index (χ0v) is 12.4. The number of nitrogens with two attached hydrogens (primary N) is 1. The molecule has 0 aliphatic rings. The molecule has 0 saturated carbocycles.